The third-order valence-electron chi connectivity index (χ3n) is 7.97. The smallest absolute Gasteiger partial charge is 0.305 e. The first-order chi connectivity index (χ1) is 20.2. The number of rotatable bonds is 35. The summed E-state index contributed by atoms with van der Waals surface area (Å²) in [6.07, 6.45) is 30.1. The molecule has 0 saturated carbocycles. The van der Waals surface area contributed by atoms with Crippen LogP contribution in [0, 0.1) is 5.92 Å². The van der Waals surface area contributed by atoms with Crippen molar-refractivity contribution in [2.75, 3.05) is 46.2 Å². The van der Waals surface area contributed by atoms with Crippen molar-refractivity contribution in [3.63, 3.8) is 0 Å². The maximum atomic E-state index is 12.2. The summed E-state index contributed by atoms with van der Waals surface area (Å²) in [6, 6.07) is 0. The standard InChI is InChI=1S/C36H72O5/c1-4-7-10-13-15-16-17-18-20-23-28-38-30-32-40-33-31-39-29-24-27-36(37)41-34-35(25-21-12-9-6-3)26-22-19-14-11-8-5-2/h35H,4-34H2,1-3H3. The molecular formula is C36H72O5. The molecule has 0 amide bonds. The number of unbranched alkanes of at least 4 members (excludes halogenated alkanes) is 17. The summed E-state index contributed by atoms with van der Waals surface area (Å²) in [4.78, 5) is 12.2. The molecule has 5 heteroatoms. The van der Waals surface area contributed by atoms with Crippen LogP contribution >= 0.6 is 0 Å². The average Bonchev–Trinajstić information content (AvgIpc) is 2.98. The molecule has 1 unspecified atom stereocenters. The van der Waals surface area contributed by atoms with E-state index in [0.717, 1.165) is 13.0 Å². The van der Waals surface area contributed by atoms with Crippen LogP contribution in [0.5, 0.6) is 0 Å². The molecule has 246 valence electrons. The van der Waals surface area contributed by atoms with E-state index in [1.165, 1.54) is 135 Å². The second-order valence-electron chi connectivity index (χ2n) is 12.1. The molecule has 0 aromatic heterocycles. The molecule has 0 spiro atoms. The molecule has 0 aliphatic heterocycles. The fourth-order valence-electron chi connectivity index (χ4n) is 5.22. The molecule has 0 fully saturated rings. The van der Waals surface area contributed by atoms with Crippen molar-refractivity contribution in [2.24, 2.45) is 5.92 Å². The molecule has 0 heterocycles. The van der Waals surface area contributed by atoms with Crippen LogP contribution in [0.3, 0.4) is 0 Å². The van der Waals surface area contributed by atoms with E-state index >= 15 is 0 Å². The van der Waals surface area contributed by atoms with Gasteiger partial charge in [-0.15, -0.1) is 0 Å². The average molecular weight is 585 g/mol. The summed E-state index contributed by atoms with van der Waals surface area (Å²) >= 11 is 0. The number of carbonyl (C=O) groups excluding carboxylic acids is 1. The second kappa shape index (κ2) is 35.5. The first kappa shape index (κ1) is 40.4. The van der Waals surface area contributed by atoms with E-state index in [-0.39, 0.29) is 5.97 Å². The third-order valence-corrected chi connectivity index (χ3v) is 7.97. The van der Waals surface area contributed by atoms with E-state index in [1.807, 2.05) is 0 Å². The van der Waals surface area contributed by atoms with Crippen LogP contribution in [-0.2, 0) is 23.7 Å². The lowest BCUT2D eigenvalue weighted by atomic mass is 9.95. The number of hydrogen-bond acceptors (Lipinski definition) is 5. The van der Waals surface area contributed by atoms with Crippen molar-refractivity contribution >= 4 is 5.97 Å². The molecule has 0 bridgehead atoms. The number of hydrogen-bond donors (Lipinski definition) is 0. The van der Waals surface area contributed by atoms with Gasteiger partial charge in [0.2, 0.25) is 0 Å². The highest BCUT2D eigenvalue weighted by Gasteiger charge is 2.12. The van der Waals surface area contributed by atoms with Crippen LogP contribution in [-0.4, -0.2) is 52.2 Å². The Hall–Kier alpha value is -0.650. The van der Waals surface area contributed by atoms with Crippen LogP contribution < -0.4 is 0 Å². The molecule has 0 radical (unpaired) electrons. The van der Waals surface area contributed by atoms with Crippen LogP contribution in [0.4, 0.5) is 0 Å². The fraction of sp³-hybridized carbons (Fsp3) is 0.972. The van der Waals surface area contributed by atoms with Gasteiger partial charge in [0.15, 0.2) is 0 Å². The Morgan fingerprint density at radius 1 is 0.439 bits per heavy atom. The molecule has 5 nitrogen and oxygen atoms in total. The third kappa shape index (κ3) is 33.7. The van der Waals surface area contributed by atoms with Gasteiger partial charge < -0.3 is 18.9 Å². The highest BCUT2D eigenvalue weighted by atomic mass is 16.5. The monoisotopic (exact) mass is 585 g/mol. The lowest BCUT2D eigenvalue weighted by Gasteiger charge is -2.17. The Balaban J connectivity index is 3.55. The molecule has 41 heavy (non-hydrogen) atoms. The van der Waals surface area contributed by atoms with E-state index in [1.54, 1.807) is 0 Å². The van der Waals surface area contributed by atoms with Gasteiger partial charge >= 0.3 is 5.97 Å². The van der Waals surface area contributed by atoms with Crippen molar-refractivity contribution in [1.29, 1.82) is 0 Å². The van der Waals surface area contributed by atoms with E-state index < -0.39 is 0 Å². The minimum Gasteiger partial charge on any atom is -0.465 e. The topological polar surface area (TPSA) is 54.0 Å². The summed E-state index contributed by atoms with van der Waals surface area (Å²) in [5, 5.41) is 0. The molecule has 0 aliphatic carbocycles. The minimum atomic E-state index is -0.0779. The first-order valence-electron chi connectivity index (χ1n) is 18.1. The summed E-state index contributed by atoms with van der Waals surface area (Å²) in [5.41, 5.74) is 0. The normalized spacial score (nSPS) is 12.2. The van der Waals surface area contributed by atoms with Crippen molar-refractivity contribution in [3.05, 3.63) is 0 Å². The molecule has 0 aromatic carbocycles. The highest BCUT2D eigenvalue weighted by molar-refractivity contribution is 5.69. The van der Waals surface area contributed by atoms with Crippen molar-refractivity contribution in [1.82, 2.24) is 0 Å². The van der Waals surface area contributed by atoms with Gasteiger partial charge in [0.05, 0.1) is 33.0 Å². The molecule has 0 saturated heterocycles. The zero-order chi connectivity index (χ0) is 29.9. The quantitative estimate of drug-likeness (QED) is 0.0548. The van der Waals surface area contributed by atoms with Gasteiger partial charge in [-0.25, -0.2) is 0 Å². The van der Waals surface area contributed by atoms with E-state index in [4.69, 9.17) is 18.9 Å². The fourth-order valence-corrected chi connectivity index (χ4v) is 5.22. The maximum absolute atomic E-state index is 12.2. The van der Waals surface area contributed by atoms with Gasteiger partial charge in [0.25, 0.3) is 0 Å². The predicted octanol–water partition coefficient (Wildman–Crippen LogP) is 10.6. The van der Waals surface area contributed by atoms with Crippen LogP contribution in [0.25, 0.3) is 0 Å². The second-order valence-corrected chi connectivity index (χ2v) is 12.1. The van der Waals surface area contributed by atoms with Gasteiger partial charge in [-0.1, -0.05) is 143 Å². The SMILES string of the molecule is CCCCCCCCCCCCOCCOCCOCCCC(=O)OCC(CCCCCC)CCCCCCCC. The Labute approximate surface area is 256 Å². The zero-order valence-corrected chi connectivity index (χ0v) is 28.0. The van der Waals surface area contributed by atoms with E-state index in [2.05, 4.69) is 20.8 Å². The van der Waals surface area contributed by atoms with E-state index in [0.29, 0.717) is 58.4 Å². The lowest BCUT2D eigenvalue weighted by Crippen LogP contribution is -2.15. The van der Waals surface area contributed by atoms with Crippen molar-refractivity contribution in [3.8, 4) is 0 Å². The number of esters is 1. The van der Waals surface area contributed by atoms with Gasteiger partial charge in [-0.2, -0.15) is 0 Å². The van der Waals surface area contributed by atoms with Crippen LogP contribution in [0.2, 0.25) is 0 Å². The molecule has 0 aromatic rings. The predicted molar refractivity (Wildman–Crippen MR) is 175 cm³/mol. The van der Waals surface area contributed by atoms with Gasteiger partial charge in [0.1, 0.15) is 0 Å². The molecule has 1 atom stereocenters. The van der Waals surface area contributed by atoms with Gasteiger partial charge in [0, 0.05) is 19.6 Å². The Morgan fingerprint density at radius 2 is 0.805 bits per heavy atom. The van der Waals surface area contributed by atoms with Crippen molar-refractivity contribution < 1.29 is 23.7 Å². The molecule has 0 aliphatic rings. The molecule has 0 N–H and O–H groups in total. The summed E-state index contributed by atoms with van der Waals surface area (Å²) < 4.78 is 22.6. The van der Waals surface area contributed by atoms with Gasteiger partial charge in [-0.3, -0.25) is 4.79 Å². The number of ether oxygens (including phenoxy) is 4. The zero-order valence-electron chi connectivity index (χ0n) is 28.0. The molecule has 0 rings (SSSR count). The Morgan fingerprint density at radius 3 is 1.29 bits per heavy atom. The summed E-state index contributed by atoms with van der Waals surface area (Å²) in [6.45, 7) is 11.2. The van der Waals surface area contributed by atoms with Gasteiger partial charge in [-0.05, 0) is 31.6 Å². The first-order valence-corrected chi connectivity index (χ1v) is 18.1. The van der Waals surface area contributed by atoms with Crippen LogP contribution in [0.1, 0.15) is 175 Å². The number of carbonyl (C=O) groups is 1. The van der Waals surface area contributed by atoms with Crippen molar-refractivity contribution in [2.45, 2.75) is 175 Å². The summed E-state index contributed by atoms with van der Waals surface area (Å²) in [5.74, 6) is 0.445. The highest BCUT2D eigenvalue weighted by Crippen LogP contribution is 2.20. The Bertz CT molecular complexity index is 498. The lowest BCUT2D eigenvalue weighted by molar-refractivity contribution is -0.145. The largest absolute Gasteiger partial charge is 0.465 e. The Kier molecular flexibility index (Phi) is 35.0. The van der Waals surface area contributed by atoms with E-state index in [9.17, 15) is 4.79 Å². The molecular weight excluding hydrogens is 512 g/mol. The van der Waals surface area contributed by atoms with Crippen LogP contribution in [0.15, 0.2) is 0 Å². The maximum Gasteiger partial charge on any atom is 0.305 e. The summed E-state index contributed by atoms with van der Waals surface area (Å²) in [7, 11) is 0. The minimum absolute atomic E-state index is 0.0779.